The zero-order valence-electron chi connectivity index (χ0n) is 11.8. The molecule has 0 radical (unpaired) electrons. The van der Waals surface area contributed by atoms with E-state index in [1.54, 1.807) is 24.5 Å². The normalized spacial score (nSPS) is 23.5. The minimum atomic E-state index is -3.19. The molecule has 1 fully saturated rings. The third kappa shape index (κ3) is 2.81. The molecule has 1 aliphatic heterocycles. The molecule has 0 spiro atoms. The quantitative estimate of drug-likeness (QED) is 0.844. The molecule has 2 aromatic rings. The Bertz CT molecular complexity index is 729. The van der Waals surface area contributed by atoms with Crippen LogP contribution in [0.4, 0.5) is 0 Å². The number of hydrogen-bond acceptors (Lipinski definition) is 6. The molecule has 3 heterocycles. The Hall–Kier alpha value is -1.80. The topological polar surface area (TPSA) is 89.2 Å². The van der Waals surface area contributed by atoms with Gasteiger partial charge in [0.05, 0.1) is 12.2 Å². The first-order valence-corrected chi connectivity index (χ1v) is 8.49. The summed E-state index contributed by atoms with van der Waals surface area (Å²) in [4.78, 5) is 8.35. The van der Waals surface area contributed by atoms with Crippen molar-refractivity contribution in [3.63, 3.8) is 0 Å². The van der Waals surface area contributed by atoms with Gasteiger partial charge in [-0.15, -0.1) is 0 Å². The van der Waals surface area contributed by atoms with Crippen LogP contribution >= 0.6 is 0 Å². The van der Waals surface area contributed by atoms with Crippen molar-refractivity contribution in [3.8, 4) is 11.4 Å². The predicted molar refractivity (Wildman–Crippen MR) is 75.9 cm³/mol. The lowest BCUT2D eigenvalue weighted by atomic mass is 9.98. The van der Waals surface area contributed by atoms with E-state index in [0.29, 0.717) is 24.8 Å². The SMILES string of the molecule is CC1CN(S(C)(=O)=O)CC1c1nc(-c2ccncc2)no1. The van der Waals surface area contributed by atoms with Gasteiger partial charge in [-0.1, -0.05) is 12.1 Å². The van der Waals surface area contributed by atoms with Crippen molar-refractivity contribution in [1.82, 2.24) is 19.4 Å². The number of aromatic nitrogens is 3. The van der Waals surface area contributed by atoms with Crippen molar-refractivity contribution >= 4 is 10.0 Å². The Kier molecular flexibility index (Phi) is 3.50. The Morgan fingerprint density at radius 1 is 1.29 bits per heavy atom. The summed E-state index contributed by atoms with van der Waals surface area (Å²) >= 11 is 0. The molecule has 8 heteroatoms. The second kappa shape index (κ2) is 5.19. The lowest BCUT2D eigenvalue weighted by Gasteiger charge is -2.11. The van der Waals surface area contributed by atoms with Gasteiger partial charge >= 0.3 is 0 Å². The van der Waals surface area contributed by atoms with Crippen LogP contribution in [0.1, 0.15) is 18.7 Å². The summed E-state index contributed by atoms with van der Waals surface area (Å²) in [6, 6.07) is 3.60. The van der Waals surface area contributed by atoms with E-state index in [1.165, 1.54) is 10.6 Å². The number of nitrogens with zero attached hydrogens (tertiary/aromatic N) is 4. The number of hydrogen-bond donors (Lipinski definition) is 0. The third-order valence-electron chi connectivity index (χ3n) is 3.75. The molecular weight excluding hydrogens is 292 g/mol. The van der Waals surface area contributed by atoms with Gasteiger partial charge in [-0.05, 0) is 18.1 Å². The highest BCUT2D eigenvalue weighted by molar-refractivity contribution is 7.88. The lowest BCUT2D eigenvalue weighted by Crippen LogP contribution is -2.27. The van der Waals surface area contributed by atoms with Crippen molar-refractivity contribution in [2.75, 3.05) is 19.3 Å². The highest BCUT2D eigenvalue weighted by atomic mass is 32.2. The fourth-order valence-electron chi connectivity index (χ4n) is 2.52. The van der Waals surface area contributed by atoms with E-state index in [0.717, 1.165) is 5.56 Å². The van der Waals surface area contributed by atoms with Crippen LogP contribution in [-0.4, -0.2) is 47.2 Å². The van der Waals surface area contributed by atoms with E-state index in [9.17, 15) is 8.42 Å². The van der Waals surface area contributed by atoms with Gasteiger partial charge < -0.3 is 4.52 Å². The minimum Gasteiger partial charge on any atom is -0.339 e. The molecular formula is C13H16N4O3S. The highest BCUT2D eigenvalue weighted by Crippen LogP contribution is 2.33. The summed E-state index contributed by atoms with van der Waals surface area (Å²) in [5, 5.41) is 3.97. The first kappa shape index (κ1) is 14.2. The van der Waals surface area contributed by atoms with Crippen molar-refractivity contribution in [2.24, 2.45) is 5.92 Å². The molecule has 3 rings (SSSR count). The molecule has 0 N–H and O–H groups in total. The Morgan fingerprint density at radius 3 is 2.62 bits per heavy atom. The number of rotatable bonds is 3. The highest BCUT2D eigenvalue weighted by Gasteiger charge is 2.38. The van der Waals surface area contributed by atoms with Crippen molar-refractivity contribution in [1.29, 1.82) is 0 Å². The molecule has 112 valence electrons. The molecule has 7 nitrogen and oxygen atoms in total. The van der Waals surface area contributed by atoms with E-state index in [-0.39, 0.29) is 11.8 Å². The molecule has 2 aromatic heterocycles. The van der Waals surface area contributed by atoms with Gasteiger partial charge in [0.25, 0.3) is 0 Å². The van der Waals surface area contributed by atoms with E-state index in [2.05, 4.69) is 15.1 Å². The molecule has 0 aliphatic carbocycles. The summed E-state index contributed by atoms with van der Waals surface area (Å²) in [5.74, 6) is 1.06. The number of pyridine rings is 1. The smallest absolute Gasteiger partial charge is 0.231 e. The molecule has 1 saturated heterocycles. The van der Waals surface area contributed by atoms with E-state index < -0.39 is 10.0 Å². The molecule has 2 unspecified atom stereocenters. The molecule has 2 atom stereocenters. The summed E-state index contributed by atoms with van der Waals surface area (Å²) in [7, 11) is -3.19. The largest absolute Gasteiger partial charge is 0.339 e. The Balaban J connectivity index is 1.84. The summed E-state index contributed by atoms with van der Waals surface area (Å²) in [5.41, 5.74) is 0.825. The van der Waals surface area contributed by atoms with Crippen LogP contribution in [0.2, 0.25) is 0 Å². The van der Waals surface area contributed by atoms with Crippen molar-refractivity contribution in [3.05, 3.63) is 30.4 Å². The second-order valence-electron chi connectivity index (χ2n) is 5.36. The maximum absolute atomic E-state index is 11.6. The first-order valence-electron chi connectivity index (χ1n) is 6.64. The van der Waals surface area contributed by atoms with Gasteiger partial charge in [0.1, 0.15) is 0 Å². The van der Waals surface area contributed by atoms with Gasteiger partial charge in [-0.2, -0.15) is 4.98 Å². The summed E-state index contributed by atoms with van der Waals surface area (Å²) < 4.78 is 30.1. The molecule has 1 aliphatic rings. The predicted octanol–water partition coefficient (Wildman–Crippen LogP) is 1.13. The second-order valence-corrected chi connectivity index (χ2v) is 7.34. The maximum Gasteiger partial charge on any atom is 0.231 e. The van der Waals surface area contributed by atoms with Crippen LogP contribution in [-0.2, 0) is 10.0 Å². The third-order valence-corrected chi connectivity index (χ3v) is 4.98. The molecule has 0 aromatic carbocycles. The fraction of sp³-hybridized carbons (Fsp3) is 0.462. The number of sulfonamides is 1. The Labute approximate surface area is 123 Å². The summed E-state index contributed by atoms with van der Waals surface area (Å²) in [6.07, 6.45) is 4.54. The summed E-state index contributed by atoms with van der Waals surface area (Å²) in [6.45, 7) is 2.86. The average molecular weight is 308 g/mol. The zero-order chi connectivity index (χ0) is 15.0. The first-order chi connectivity index (χ1) is 9.95. The monoisotopic (exact) mass is 308 g/mol. The van der Waals surface area contributed by atoms with Crippen molar-refractivity contribution in [2.45, 2.75) is 12.8 Å². The van der Waals surface area contributed by atoms with Crippen LogP contribution in [0.5, 0.6) is 0 Å². The average Bonchev–Trinajstić information content (AvgIpc) is 3.05. The van der Waals surface area contributed by atoms with Gasteiger partial charge in [-0.25, -0.2) is 12.7 Å². The molecule has 0 bridgehead atoms. The zero-order valence-corrected chi connectivity index (χ0v) is 12.6. The lowest BCUT2D eigenvalue weighted by molar-refractivity contribution is 0.338. The maximum atomic E-state index is 11.6. The van der Waals surface area contributed by atoms with Gasteiger partial charge in [-0.3, -0.25) is 4.98 Å². The van der Waals surface area contributed by atoms with Gasteiger partial charge in [0, 0.05) is 31.0 Å². The van der Waals surface area contributed by atoms with Gasteiger partial charge in [0.2, 0.25) is 21.7 Å². The van der Waals surface area contributed by atoms with Crippen LogP contribution in [0.25, 0.3) is 11.4 Å². The standard InChI is InChI=1S/C13H16N4O3S/c1-9-7-17(21(2,18)19)8-11(9)13-15-12(16-20-13)10-3-5-14-6-4-10/h3-6,9,11H,7-8H2,1-2H3. The van der Waals surface area contributed by atoms with Crippen LogP contribution in [0.15, 0.2) is 29.0 Å². The molecule has 21 heavy (non-hydrogen) atoms. The molecule has 0 amide bonds. The van der Waals surface area contributed by atoms with E-state index in [1.807, 2.05) is 6.92 Å². The molecule has 0 saturated carbocycles. The minimum absolute atomic E-state index is 0.0668. The van der Waals surface area contributed by atoms with Gasteiger partial charge in [0.15, 0.2) is 0 Å². The van der Waals surface area contributed by atoms with Crippen molar-refractivity contribution < 1.29 is 12.9 Å². The van der Waals surface area contributed by atoms with E-state index >= 15 is 0 Å². The van der Waals surface area contributed by atoms with Crippen LogP contribution < -0.4 is 0 Å². The van der Waals surface area contributed by atoms with Crippen LogP contribution in [0, 0.1) is 5.92 Å². The fourth-order valence-corrected chi connectivity index (χ4v) is 3.46. The van der Waals surface area contributed by atoms with Crippen LogP contribution in [0.3, 0.4) is 0 Å². The van der Waals surface area contributed by atoms with E-state index in [4.69, 9.17) is 4.52 Å². The Morgan fingerprint density at radius 2 is 2.00 bits per heavy atom.